The van der Waals surface area contributed by atoms with Crippen molar-refractivity contribution in [1.82, 2.24) is 0 Å². The Labute approximate surface area is 141 Å². The highest BCUT2D eigenvalue weighted by Gasteiger charge is 2.09. The van der Waals surface area contributed by atoms with E-state index in [4.69, 9.17) is 9.84 Å². The van der Waals surface area contributed by atoms with Crippen LogP contribution in [0.3, 0.4) is 0 Å². The van der Waals surface area contributed by atoms with Gasteiger partial charge in [0.1, 0.15) is 18.2 Å². The zero-order valence-electron chi connectivity index (χ0n) is 12.2. The van der Waals surface area contributed by atoms with Crippen molar-refractivity contribution >= 4 is 33.2 Å². The van der Waals surface area contributed by atoms with E-state index in [9.17, 15) is 9.18 Å². The molecule has 7 heteroatoms. The lowest BCUT2D eigenvalue weighted by atomic mass is 10.2. The number of carbonyl (C=O) groups excluding carboxylic acids is 1. The van der Waals surface area contributed by atoms with Gasteiger partial charge in [-0.3, -0.25) is 4.79 Å². The number of para-hydroxylation sites is 1. The number of aliphatic hydroxyl groups is 1. The van der Waals surface area contributed by atoms with E-state index in [1.807, 2.05) is 18.2 Å². The van der Waals surface area contributed by atoms with E-state index in [-0.39, 0.29) is 31.4 Å². The monoisotopic (exact) mass is 382 g/mol. The Kier molecular flexibility index (Phi) is 6.37. The second kappa shape index (κ2) is 8.50. The summed E-state index contributed by atoms with van der Waals surface area (Å²) in [5, 5.41) is 14.4. The Morgan fingerprint density at radius 2 is 2.00 bits per heavy atom. The smallest absolute Gasteiger partial charge is 0.243 e. The highest BCUT2D eigenvalue weighted by molar-refractivity contribution is 9.10. The van der Waals surface area contributed by atoms with Crippen LogP contribution in [0.2, 0.25) is 0 Å². The van der Waals surface area contributed by atoms with Crippen molar-refractivity contribution in [3.8, 4) is 5.75 Å². The predicted molar refractivity (Wildman–Crippen MR) is 90.2 cm³/mol. The number of hydrogen-bond acceptors (Lipinski definition) is 4. The highest BCUT2D eigenvalue weighted by Crippen LogP contribution is 2.25. The van der Waals surface area contributed by atoms with Gasteiger partial charge in [-0.2, -0.15) is 0 Å². The third kappa shape index (κ3) is 5.22. The molecule has 122 valence electrons. The first-order chi connectivity index (χ1) is 11.1. The number of benzene rings is 2. The van der Waals surface area contributed by atoms with E-state index in [0.717, 1.165) is 4.47 Å². The van der Waals surface area contributed by atoms with Gasteiger partial charge in [-0.05, 0) is 40.2 Å². The lowest BCUT2D eigenvalue weighted by molar-refractivity contribution is -0.114. The van der Waals surface area contributed by atoms with Gasteiger partial charge in [0.15, 0.2) is 0 Å². The fraction of sp³-hybridized carbons (Fsp3) is 0.188. The van der Waals surface area contributed by atoms with Crippen LogP contribution in [0.5, 0.6) is 5.75 Å². The Bertz CT molecular complexity index is 682. The lowest BCUT2D eigenvalue weighted by Crippen LogP contribution is -2.22. The van der Waals surface area contributed by atoms with Crippen molar-refractivity contribution in [3.63, 3.8) is 0 Å². The number of amides is 1. The van der Waals surface area contributed by atoms with Gasteiger partial charge in [0.25, 0.3) is 0 Å². The molecule has 0 fully saturated rings. The molecule has 2 aromatic rings. The van der Waals surface area contributed by atoms with E-state index in [1.165, 1.54) is 18.2 Å². The second-order valence-corrected chi connectivity index (χ2v) is 5.45. The number of ether oxygens (including phenoxy) is 1. The van der Waals surface area contributed by atoms with Crippen LogP contribution in [-0.4, -0.2) is 30.8 Å². The van der Waals surface area contributed by atoms with Gasteiger partial charge in [-0.25, -0.2) is 4.39 Å². The molecule has 0 unspecified atom stereocenters. The molecule has 0 saturated heterocycles. The van der Waals surface area contributed by atoms with Gasteiger partial charge in [0.2, 0.25) is 5.91 Å². The van der Waals surface area contributed by atoms with Crippen LogP contribution in [-0.2, 0) is 4.79 Å². The molecule has 0 aliphatic rings. The minimum absolute atomic E-state index is 0.0115. The molecule has 0 saturated carbocycles. The van der Waals surface area contributed by atoms with Crippen LogP contribution in [0.4, 0.5) is 15.8 Å². The van der Waals surface area contributed by atoms with Crippen molar-refractivity contribution in [2.24, 2.45) is 0 Å². The number of nitrogens with one attached hydrogen (secondary N) is 2. The molecule has 0 aromatic heterocycles. The van der Waals surface area contributed by atoms with E-state index < -0.39 is 5.82 Å². The molecule has 5 nitrogen and oxygen atoms in total. The fourth-order valence-corrected chi connectivity index (χ4v) is 2.23. The summed E-state index contributed by atoms with van der Waals surface area (Å²) in [5.41, 5.74) is 1.14. The fourth-order valence-electron chi connectivity index (χ4n) is 1.85. The Balaban J connectivity index is 1.97. The maximum atomic E-state index is 13.3. The Morgan fingerprint density at radius 1 is 1.22 bits per heavy atom. The largest absolute Gasteiger partial charge is 0.489 e. The molecule has 0 radical (unpaired) electrons. The normalized spacial score (nSPS) is 10.2. The average Bonchev–Trinajstić information content (AvgIpc) is 2.54. The lowest BCUT2D eigenvalue weighted by Gasteiger charge is -2.13. The summed E-state index contributed by atoms with van der Waals surface area (Å²) in [6, 6.07) is 11.2. The van der Waals surface area contributed by atoms with Gasteiger partial charge in [-0.1, -0.05) is 12.1 Å². The molecule has 0 aliphatic heterocycles. The summed E-state index contributed by atoms with van der Waals surface area (Å²) in [5.74, 6) is -0.469. The predicted octanol–water partition coefficient (Wildman–Crippen LogP) is 3.01. The van der Waals surface area contributed by atoms with Crippen molar-refractivity contribution in [3.05, 3.63) is 52.8 Å². The maximum Gasteiger partial charge on any atom is 0.243 e. The van der Waals surface area contributed by atoms with E-state index in [1.54, 1.807) is 6.07 Å². The first-order valence-electron chi connectivity index (χ1n) is 6.91. The standard InChI is InChI=1S/C16H16BrFN2O3/c17-12-3-1-2-4-13(12)20-16(22)10-19-14-6-5-11(18)9-15(14)23-8-7-21/h1-6,9,19,21H,7-8,10H2,(H,20,22). The van der Waals surface area contributed by atoms with Gasteiger partial charge in [0, 0.05) is 10.5 Å². The van der Waals surface area contributed by atoms with Gasteiger partial charge in [-0.15, -0.1) is 0 Å². The average molecular weight is 383 g/mol. The SMILES string of the molecule is O=C(CNc1ccc(F)cc1OCCO)Nc1ccccc1Br. The molecular formula is C16H16BrFN2O3. The van der Waals surface area contributed by atoms with Crippen LogP contribution in [0.1, 0.15) is 0 Å². The number of aliphatic hydroxyl groups excluding tert-OH is 1. The zero-order valence-corrected chi connectivity index (χ0v) is 13.8. The first-order valence-corrected chi connectivity index (χ1v) is 7.71. The van der Waals surface area contributed by atoms with E-state index in [0.29, 0.717) is 11.4 Å². The zero-order chi connectivity index (χ0) is 16.7. The van der Waals surface area contributed by atoms with Crippen molar-refractivity contribution in [2.45, 2.75) is 0 Å². The molecule has 0 bridgehead atoms. The summed E-state index contributed by atoms with van der Waals surface area (Å²) >= 11 is 3.35. The summed E-state index contributed by atoms with van der Waals surface area (Å²) in [6.45, 7) is -0.151. The summed E-state index contributed by atoms with van der Waals surface area (Å²) in [6.07, 6.45) is 0. The van der Waals surface area contributed by atoms with Gasteiger partial charge >= 0.3 is 0 Å². The molecule has 3 N–H and O–H groups in total. The number of anilines is 2. The molecule has 0 aliphatic carbocycles. The topological polar surface area (TPSA) is 70.6 Å². The molecule has 2 rings (SSSR count). The maximum absolute atomic E-state index is 13.3. The Morgan fingerprint density at radius 3 is 2.74 bits per heavy atom. The van der Waals surface area contributed by atoms with Gasteiger partial charge in [0.05, 0.1) is 24.5 Å². The molecule has 1 amide bonds. The van der Waals surface area contributed by atoms with Crippen LogP contribution >= 0.6 is 15.9 Å². The van der Waals surface area contributed by atoms with Crippen LogP contribution in [0.25, 0.3) is 0 Å². The molecule has 0 atom stereocenters. The highest BCUT2D eigenvalue weighted by atomic mass is 79.9. The van der Waals surface area contributed by atoms with Crippen LogP contribution < -0.4 is 15.4 Å². The summed E-state index contributed by atoms with van der Waals surface area (Å²) in [4.78, 5) is 12.0. The minimum Gasteiger partial charge on any atom is -0.489 e. The minimum atomic E-state index is -0.457. The number of hydrogen-bond donors (Lipinski definition) is 3. The van der Waals surface area contributed by atoms with Crippen LogP contribution in [0.15, 0.2) is 46.9 Å². The number of carbonyl (C=O) groups is 1. The third-order valence-electron chi connectivity index (χ3n) is 2.88. The number of rotatable bonds is 7. The number of halogens is 2. The quantitative estimate of drug-likeness (QED) is 0.688. The van der Waals surface area contributed by atoms with E-state index in [2.05, 4.69) is 26.6 Å². The molecular weight excluding hydrogens is 367 g/mol. The molecule has 0 spiro atoms. The van der Waals surface area contributed by atoms with Crippen molar-refractivity contribution in [1.29, 1.82) is 0 Å². The molecule has 0 heterocycles. The van der Waals surface area contributed by atoms with Gasteiger partial charge < -0.3 is 20.5 Å². The molecule has 2 aromatic carbocycles. The summed E-state index contributed by atoms with van der Waals surface area (Å²) in [7, 11) is 0. The van der Waals surface area contributed by atoms with Crippen molar-refractivity contribution in [2.75, 3.05) is 30.4 Å². The third-order valence-corrected chi connectivity index (χ3v) is 3.57. The van der Waals surface area contributed by atoms with Crippen LogP contribution in [0, 0.1) is 5.82 Å². The Hall–Kier alpha value is -2.12. The molecule has 23 heavy (non-hydrogen) atoms. The second-order valence-electron chi connectivity index (χ2n) is 4.59. The summed E-state index contributed by atoms with van der Waals surface area (Å²) < 4.78 is 19.3. The van der Waals surface area contributed by atoms with Crippen molar-refractivity contribution < 1.29 is 19.0 Å². The van der Waals surface area contributed by atoms with E-state index >= 15 is 0 Å². The first kappa shape index (κ1) is 17.2.